The van der Waals surface area contributed by atoms with Crippen LogP contribution in [0.15, 0.2) is 12.2 Å². The van der Waals surface area contributed by atoms with Crippen LogP contribution in [0.3, 0.4) is 0 Å². The number of esters is 1. The van der Waals surface area contributed by atoms with Crippen LogP contribution in [0.4, 0.5) is 0 Å². The molecule has 0 aliphatic heterocycles. The quantitative estimate of drug-likeness (QED) is 0.553. The van der Waals surface area contributed by atoms with Crippen molar-refractivity contribution < 1.29 is 9.53 Å². The lowest BCUT2D eigenvalue weighted by Crippen LogP contribution is -2.53. The van der Waals surface area contributed by atoms with Crippen molar-refractivity contribution in [2.24, 2.45) is 46.2 Å². The summed E-state index contributed by atoms with van der Waals surface area (Å²) in [6, 6.07) is 0. The molecule has 152 valence electrons. The zero-order valence-electron chi connectivity index (χ0n) is 17.6. The maximum Gasteiger partial charge on any atom is 0.310 e. The van der Waals surface area contributed by atoms with E-state index >= 15 is 0 Å². The van der Waals surface area contributed by atoms with Crippen LogP contribution < -0.4 is 5.73 Å². The van der Waals surface area contributed by atoms with Gasteiger partial charge in [0.1, 0.15) is 6.10 Å². The molecule has 4 fully saturated rings. The third kappa shape index (κ3) is 2.99. The van der Waals surface area contributed by atoms with Crippen LogP contribution in [-0.2, 0) is 9.53 Å². The normalized spacial score (nSPS) is 47.6. The first-order valence-corrected chi connectivity index (χ1v) is 11.4. The number of ether oxygens (including phenoxy) is 1. The zero-order valence-corrected chi connectivity index (χ0v) is 17.6. The maximum atomic E-state index is 12.2. The summed E-state index contributed by atoms with van der Waals surface area (Å²) < 4.78 is 5.84. The number of allylic oxidation sites excluding steroid dienone is 1. The summed E-state index contributed by atoms with van der Waals surface area (Å²) in [5.41, 5.74) is 8.02. The highest BCUT2D eigenvalue weighted by atomic mass is 16.5. The highest BCUT2D eigenvalue weighted by Crippen LogP contribution is 2.67. The predicted octanol–water partition coefficient (Wildman–Crippen LogP) is 5.09. The molecule has 0 amide bonds. The summed E-state index contributed by atoms with van der Waals surface area (Å²) in [6.45, 7) is 11.8. The van der Waals surface area contributed by atoms with Crippen LogP contribution >= 0.6 is 0 Å². The van der Waals surface area contributed by atoms with E-state index in [4.69, 9.17) is 10.5 Å². The van der Waals surface area contributed by atoms with Crippen molar-refractivity contribution in [3.05, 3.63) is 12.2 Å². The topological polar surface area (TPSA) is 52.3 Å². The van der Waals surface area contributed by atoms with Gasteiger partial charge >= 0.3 is 5.97 Å². The molecule has 0 bridgehead atoms. The number of fused-ring (bicyclic) bond motifs is 5. The zero-order chi connectivity index (χ0) is 19.4. The Morgan fingerprint density at radius 2 is 1.96 bits per heavy atom. The molecule has 0 heterocycles. The lowest BCUT2D eigenvalue weighted by molar-refractivity contribution is -0.164. The number of carbonyl (C=O) groups excluding carboxylic acids is 1. The van der Waals surface area contributed by atoms with Crippen molar-refractivity contribution in [2.75, 3.05) is 6.54 Å². The number of hydrogen-bond donors (Lipinski definition) is 1. The number of nitrogens with two attached hydrogens (primary N) is 1. The van der Waals surface area contributed by atoms with E-state index in [1.807, 2.05) is 6.92 Å². The maximum absolute atomic E-state index is 12.2. The Hall–Kier alpha value is -0.830. The van der Waals surface area contributed by atoms with Gasteiger partial charge in [-0.05, 0) is 92.3 Å². The Bertz CT molecular complexity index is 616. The predicted molar refractivity (Wildman–Crippen MR) is 109 cm³/mol. The molecule has 0 aromatic carbocycles. The van der Waals surface area contributed by atoms with Crippen LogP contribution in [0.5, 0.6) is 0 Å². The van der Waals surface area contributed by atoms with Gasteiger partial charge in [0.05, 0.1) is 5.92 Å². The van der Waals surface area contributed by atoms with E-state index in [9.17, 15) is 4.79 Å². The molecule has 0 aromatic rings. The van der Waals surface area contributed by atoms with Gasteiger partial charge in [0, 0.05) is 6.54 Å². The Labute approximate surface area is 165 Å². The average molecular weight is 374 g/mol. The summed E-state index contributed by atoms with van der Waals surface area (Å²) in [5, 5.41) is 0. The van der Waals surface area contributed by atoms with Gasteiger partial charge in [-0.3, -0.25) is 4.79 Å². The number of hydrogen-bond acceptors (Lipinski definition) is 3. The monoisotopic (exact) mass is 373 g/mol. The first-order valence-electron chi connectivity index (χ1n) is 11.4. The van der Waals surface area contributed by atoms with Gasteiger partial charge in [0.2, 0.25) is 0 Å². The standard InChI is InChI=1S/C24H39NO2/c1-15(14-25)22(26)27-18-9-11-24(4)17(13-18)6-7-19-20-8-5-16(2)23(20,3)12-10-21(19)24/h15,17-21H,2,5-14,25H2,1,3-4H3/t15?,17?,18-,19?,20?,21?,23+,24-/m0/s1. The molecule has 27 heavy (non-hydrogen) atoms. The van der Waals surface area contributed by atoms with Gasteiger partial charge in [-0.1, -0.05) is 32.9 Å². The molecule has 4 aliphatic carbocycles. The summed E-state index contributed by atoms with van der Waals surface area (Å²) in [7, 11) is 0. The van der Waals surface area contributed by atoms with E-state index < -0.39 is 0 Å². The fourth-order valence-electron chi connectivity index (χ4n) is 7.61. The van der Waals surface area contributed by atoms with Crippen molar-refractivity contribution in [2.45, 2.75) is 84.7 Å². The summed E-state index contributed by atoms with van der Waals surface area (Å²) in [6.07, 6.45) is 11.5. The molecular formula is C24H39NO2. The van der Waals surface area contributed by atoms with Crippen LogP contribution in [-0.4, -0.2) is 18.6 Å². The van der Waals surface area contributed by atoms with Crippen LogP contribution in [0.2, 0.25) is 0 Å². The molecule has 4 rings (SSSR count). The van der Waals surface area contributed by atoms with Crippen molar-refractivity contribution in [3.8, 4) is 0 Å². The number of rotatable bonds is 3. The van der Waals surface area contributed by atoms with Crippen molar-refractivity contribution in [1.29, 1.82) is 0 Å². The fourth-order valence-corrected chi connectivity index (χ4v) is 7.61. The first kappa shape index (κ1) is 19.5. The third-order valence-electron chi connectivity index (χ3n) is 9.61. The molecule has 0 saturated heterocycles. The van der Waals surface area contributed by atoms with Crippen molar-refractivity contribution >= 4 is 5.97 Å². The van der Waals surface area contributed by atoms with Crippen molar-refractivity contribution in [1.82, 2.24) is 0 Å². The second kappa shape index (κ2) is 6.90. The summed E-state index contributed by atoms with van der Waals surface area (Å²) >= 11 is 0. The fraction of sp³-hybridized carbons (Fsp3) is 0.875. The molecule has 0 spiro atoms. The van der Waals surface area contributed by atoms with Gasteiger partial charge in [-0.2, -0.15) is 0 Å². The minimum absolute atomic E-state index is 0.0994. The molecule has 0 radical (unpaired) electrons. The Kier molecular flexibility index (Phi) is 4.98. The molecule has 8 atom stereocenters. The highest BCUT2D eigenvalue weighted by molar-refractivity contribution is 5.72. The average Bonchev–Trinajstić information content (AvgIpc) is 2.96. The molecular weight excluding hydrogens is 334 g/mol. The second-order valence-electron chi connectivity index (χ2n) is 10.7. The molecule has 2 N–H and O–H groups in total. The van der Waals surface area contributed by atoms with Crippen molar-refractivity contribution in [3.63, 3.8) is 0 Å². The Morgan fingerprint density at radius 3 is 2.70 bits per heavy atom. The SMILES string of the molecule is C=C1CCC2C3CCC4C[C@@H](OC(=O)C(C)CN)CC[C@]4(C)C3CC[C@]12C. The second-order valence-corrected chi connectivity index (χ2v) is 10.7. The van der Waals surface area contributed by atoms with Gasteiger partial charge in [0.15, 0.2) is 0 Å². The smallest absolute Gasteiger partial charge is 0.310 e. The third-order valence-corrected chi connectivity index (χ3v) is 9.61. The van der Waals surface area contributed by atoms with E-state index in [2.05, 4.69) is 20.4 Å². The molecule has 3 heteroatoms. The number of carbonyl (C=O) groups is 1. The largest absolute Gasteiger partial charge is 0.462 e. The van der Waals surface area contributed by atoms with Crippen LogP contribution in [0.1, 0.15) is 78.6 Å². The Balaban J connectivity index is 1.46. The minimum Gasteiger partial charge on any atom is -0.462 e. The van der Waals surface area contributed by atoms with E-state index in [-0.39, 0.29) is 18.0 Å². The van der Waals surface area contributed by atoms with Gasteiger partial charge < -0.3 is 10.5 Å². The molecule has 0 aromatic heterocycles. The molecule has 4 aliphatic rings. The highest BCUT2D eigenvalue weighted by Gasteiger charge is 2.58. The molecule has 4 saturated carbocycles. The lowest BCUT2D eigenvalue weighted by atomic mass is 9.45. The van der Waals surface area contributed by atoms with E-state index in [1.165, 1.54) is 50.5 Å². The molecule has 5 unspecified atom stereocenters. The van der Waals surface area contributed by atoms with E-state index in [0.29, 0.717) is 23.3 Å². The van der Waals surface area contributed by atoms with Gasteiger partial charge in [-0.15, -0.1) is 0 Å². The minimum atomic E-state index is -0.180. The molecule has 3 nitrogen and oxygen atoms in total. The van der Waals surface area contributed by atoms with Crippen LogP contribution in [0.25, 0.3) is 0 Å². The van der Waals surface area contributed by atoms with Gasteiger partial charge in [-0.25, -0.2) is 0 Å². The van der Waals surface area contributed by atoms with Gasteiger partial charge in [0.25, 0.3) is 0 Å². The summed E-state index contributed by atoms with van der Waals surface area (Å²) in [5.74, 6) is 3.05. The summed E-state index contributed by atoms with van der Waals surface area (Å²) in [4.78, 5) is 12.2. The van der Waals surface area contributed by atoms with E-state index in [1.54, 1.807) is 0 Å². The van der Waals surface area contributed by atoms with Crippen LogP contribution in [0, 0.1) is 40.4 Å². The Morgan fingerprint density at radius 1 is 1.19 bits per heavy atom. The first-order chi connectivity index (χ1) is 12.8. The lowest BCUT2D eigenvalue weighted by Gasteiger charge is -2.60. The van der Waals surface area contributed by atoms with E-state index in [0.717, 1.165) is 30.6 Å².